The highest BCUT2D eigenvalue weighted by Crippen LogP contribution is 2.21. The van der Waals surface area contributed by atoms with Crippen LogP contribution in [-0.4, -0.2) is 36.5 Å². The maximum Gasteiger partial charge on any atom is 0.234 e. The number of piperidine rings is 1. The Labute approximate surface area is 121 Å². The van der Waals surface area contributed by atoms with E-state index >= 15 is 0 Å². The summed E-state index contributed by atoms with van der Waals surface area (Å²) in [6, 6.07) is 10.3. The molecule has 1 aliphatic heterocycles. The Balaban J connectivity index is 1.79. The fourth-order valence-electron chi connectivity index (χ4n) is 2.79. The highest BCUT2D eigenvalue weighted by Gasteiger charge is 2.26. The number of benzene rings is 1. The van der Waals surface area contributed by atoms with Crippen molar-refractivity contribution in [2.45, 2.75) is 32.4 Å². The number of amides is 1. The minimum Gasteiger partial charge on any atom is -0.351 e. The van der Waals surface area contributed by atoms with Crippen molar-refractivity contribution in [1.82, 2.24) is 10.2 Å². The predicted molar refractivity (Wildman–Crippen MR) is 81.1 cm³/mol. The van der Waals surface area contributed by atoms with E-state index in [4.69, 9.17) is 5.73 Å². The molecule has 0 spiro atoms. The molecule has 1 fully saturated rings. The summed E-state index contributed by atoms with van der Waals surface area (Å²) in [5.74, 6) is 0.800. The van der Waals surface area contributed by atoms with Gasteiger partial charge in [-0.25, -0.2) is 0 Å². The van der Waals surface area contributed by atoms with Crippen LogP contribution in [0, 0.1) is 5.92 Å². The fourth-order valence-corrected chi connectivity index (χ4v) is 2.79. The lowest BCUT2D eigenvalue weighted by atomic mass is 9.92. The maximum absolute atomic E-state index is 12.0. The van der Waals surface area contributed by atoms with Crippen LogP contribution in [0.1, 0.15) is 25.3 Å². The monoisotopic (exact) mass is 275 g/mol. The Morgan fingerprint density at radius 3 is 2.85 bits per heavy atom. The number of hydrogen-bond donors (Lipinski definition) is 2. The van der Waals surface area contributed by atoms with Gasteiger partial charge < -0.3 is 11.1 Å². The molecule has 1 amide bonds. The maximum atomic E-state index is 12.0. The number of nitrogens with zero attached hydrogens (tertiary/aromatic N) is 1. The summed E-state index contributed by atoms with van der Waals surface area (Å²) in [7, 11) is 0. The van der Waals surface area contributed by atoms with E-state index in [9.17, 15) is 4.79 Å². The standard InChI is InChI=1S/C16H25N3O/c1-13-7-8-19(15(9-13)10-17)12-16(20)18-11-14-5-3-2-4-6-14/h2-6,13,15H,7-12,17H2,1H3,(H,18,20). The van der Waals surface area contributed by atoms with Crippen molar-refractivity contribution in [1.29, 1.82) is 0 Å². The quantitative estimate of drug-likeness (QED) is 0.853. The van der Waals surface area contributed by atoms with Crippen LogP contribution in [0.4, 0.5) is 0 Å². The van der Waals surface area contributed by atoms with E-state index in [1.165, 1.54) is 0 Å². The normalized spacial score (nSPS) is 23.5. The Morgan fingerprint density at radius 2 is 2.15 bits per heavy atom. The van der Waals surface area contributed by atoms with Crippen molar-refractivity contribution in [3.63, 3.8) is 0 Å². The van der Waals surface area contributed by atoms with E-state index in [2.05, 4.69) is 17.1 Å². The Bertz CT molecular complexity index is 421. The number of nitrogens with one attached hydrogen (secondary N) is 1. The first kappa shape index (κ1) is 15.0. The molecule has 1 aliphatic rings. The number of carbonyl (C=O) groups is 1. The molecule has 2 rings (SSSR count). The fraction of sp³-hybridized carbons (Fsp3) is 0.562. The van der Waals surface area contributed by atoms with E-state index in [-0.39, 0.29) is 5.91 Å². The molecule has 0 radical (unpaired) electrons. The van der Waals surface area contributed by atoms with Crippen molar-refractivity contribution in [2.75, 3.05) is 19.6 Å². The molecule has 0 saturated carbocycles. The van der Waals surface area contributed by atoms with E-state index in [0.29, 0.717) is 31.6 Å². The zero-order valence-corrected chi connectivity index (χ0v) is 12.2. The van der Waals surface area contributed by atoms with Gasteiger partial charge in [-0.3, -0.25) is 9.69 Å². The van der Waals surface area contributed by atoms with Crippen LogP contribution in [0.3, 0.4) is 0 Å². The van der Waals surface area contributed by atoms with Crippen molar-refractivity contribution < 1.29 is 4.79 Å². The molecule has 1 heterocycles. The molecule has 0 bridgehead atoms. The molecule has 4 heteroatoms. The van der Waals surface area contributed by atoms with Crippen LogP contribution < -0.4 is 11.1 Å². The summed E-state index contributed by atoms with van der Waals surface area (Å²) in [5, 5.41) is 2.98. The van der Waals surface area contributed by atoms with E-state index < -0.39 is 0 Å². The van der Waals surface area contributed by atoms with Gasteiger partial charge in [-0.2, -0.15) is 0 Å². The molecular weight excluding hydrogens is 250 g/mol. The van der Waals surface area contributed by atoms with Gasteiger partial charge in [-0.05, 0) is 30.9 Å². The van der Waals surface area contributed by atoms with E-state index in [0.717, 1.165) is 24.9 Å². The van der Waals surface area contributed by atoms with Crippen LogP contribution in [0.25, 0.3) is 0 Å². The van der Waals surface area contributed by atoms with Crippen molar-refractivity contribution >= 4 is 5.91 Å². The second kappa shape index (κ2) is 7.41. The Hall–Kier alpha value is -1.39. The van der Waals surface area contributed by atoms with Gasteiger partial charge in [-0.1, -0.05) is 37.3 Å². The highest BCUT2D eigenvalue weighted by atomic mass is 16.2. The molecule has 4 nitrogen and oxygen atoms in total. The molecule has 1 aromatic carbocycles. The smallest absolute Gasteiger partial charge is 0.234 e. The summed E-state index contributed by atoms with van der Waals surface area (Å²) in [5.41, 5.74) is 6.95. The SMILES string of the molecule is CC1CCN(CC(=O)NCc2ccccc2)C(CN)C1. The molecule has 3 N–H and O–H groups in total. The second-order valence-corrected chi connectivity index (χ2v) is 5.75. The zero-order chi connectivity index (χ0) is 14.4. The van der Waals surface area contributed by atoms with Gasteiger partial charge >= 0.3 is 0 Å². The van der Waals surface area contributed by atoms with Gasteiger partial charge in [0.25, 0.3) is 0 Å². The first-order chi connectivity index (χ1) is 9.69. The van der Waals surface area contributed by atoms with Crippen LogP contribution in [0.2, 0.25) is 0 Å². The number of likely N-dealkylation sites (tertiary alicyclic amines) is 1. The molecular formula is C16H25N3O. The second-order valence-electron chi connectivity index (χ2n) is 5.75. The lowest BCUT2D eigenvalue weighted by Crippen LogP contribution is -2.50. The predicted octanol–water partition coefficient (Wildman–Crippen LogP) is 1.36. The Kier molecular flexibility index (Phi) is 5.56. The van der Waals surface area contributed by atoms with Gasteiger partial charge in [0.1, 0.15) is 0 Å². The lowest BCUT2D eigenvalue weighted by molar-refractivity contribution is -0.123. The van der Waals surface area contributed by atoms with E-state index in [1.807, 2.05) is 30.3 Å². The third-order valence-electron chi connectivity index (χ3n) is 4.05. The molecule has 110 valence electrons. The molecule has 0 aromatic heterocycles. The first-order valence-corrected chi connectivity index (χ1v) is 7.43. The molecule has 20 heavy (non-hydrogen) atoms. The summed E-state index contributed by atoms with van der Waals surface area (Å²) in [6.07, 6.45) is 2.25. The first-order valence-electron chi connectivity index (χ1n) is 7.43. The lowest BCUT2D eigenvalue weighted by Gasteiger charge is -2.37. The van der Waals surface area contributed by atoms with Crippen molar-refractivity contribution in [3.8, 4) is 0 Å². The summed E-state index contributed by atoms with van der Waals surface area (Å²) < 4.78 is 0. The van der Waals surface area contributed by atoms with Crippen LogP contribution in [0.5, 0.6) is 0 Å². The van der Waals surface area contributed by atoms with Gasteiger partial charge in [0, 0.05) is 19.1 Å². The summed E-state index contributed by atoms with van der Waals surface area (Å²) >= 11 is 0. The summed E-state index contributed by atoms with van der Waals surface area (Å²) in [6.45, 7) is 4.92. The average Bonchev–Trinajstić information content (AvgIpc) is 2.48. The van der Waals surface area contributed by atoms with Gasteiger partial charge in [0.15, 0.2) is 0 Å². The van der Waals surface area contributed by atoms with Crippen LogP contribution in [0.15, 0.2) is 30.3 Å². The third kappa shape index (κ3) is 4.32. The van der Waals surface area contributed by atoms with Gasteiger partial charge in [0.05, 0.1) is 6.54 Å². The van der Waals surface area contributed by atoms with E-state index in [1.54, 1.807) is 0 Å². The number of hydrogen-bond acceptors (Lipinski definition) is 3. The number of rotatable bonds is 5. The molecule has 2 unspecified atom stereocenters. The number of nitrogens with two attached hydrogens (primary N) is 1. The molecule has 1 saturated heterocycles. The minimum absolute atomic E-state index is 0.0851. The topological polar surface area (TPSA) is 58.4 Å². The van der Waals surface area contributed by atoms with Crippen molar-refractivity contribution in [2.24, 2.45) is 11.7 Å². The van der Waals surface area contributed by atoms with Crippen LogP contribution in [-0.2, 0) is 11.3 Å². The van der Waals surface area contributed by atoms with Crippen LogP contribution >= 0.6 is 0 Å². The largest absolute Gasteiger partial charge is 0.351 e. The number of carbonyl (C=O) groups excluding carboxylic acids is 1. The Morgan fingerprint density at radius 1 is 1.40 bits per heavy atom. The molecule has 2 atom stereocenters. The zero-order valence-electron chi connectivity index (χ0n) is 12.2. The third-order valence-corrected chi connectivity index (χ3v) is 4.05. The van der Waals surface area contributed by atoms with Gasteiger partial charge in [0.2, 0.25) is 5.91 Å². The van der Waals surface area contributed by atoms with Gasteiger partial charge in [-0.15, -0.1) is 0 Å². The molecule has 1 aromatic rings. The average molecular weight is 275 g/mol. The summed E-state index contributed by atoms with van der Waals surface area (Å²) in [4.78, 5) is 14.3. The minimum atomic E-state index is 0.0851. The molecule has 0 aliphatic carbocycles. The highest BCUT2D eigenvalue weighted by molar-refractivity contribution is 5.78. The van der Waals surface area contributed by atoms with Crippen molar-refractivity contribution in [3.05, 3.63) is 35.9 Å².